The van der Waals surface area contributed by atoms with E-state index in [1.165, 1.54) is 12.1 Å². The molecule has 1 aromatic rings. The highest BCUT2D eigenvalue weighted by molar-refractivity contribution is 7.74. The molecule has 4 heteroatoms. The lowest BCUT2D eigenvalue weighted by Crippen LogP contribution is -2.01. The van der Waals surface area contributed by atoms with Gasteiger partial charge in [0.25, 0.3) is 0 Å². The van der Waals surface area contributed by atoms with Gasteiger partial charge in [-0.25, -0.2) is 8.78 Å². The van der Waals surface area contributed by atoms with Crippen molar-refractivity contribution in [3.05, 3.63) is 29.8 Å². The molecule has 0 aliphatic rings. The van der Waals surface area contributed by atoms with Crippen LogP contribution in [-0.4, -0.2) is 0 Å². The summed E-state index contributed by atoms with van der Waals surface area (Å²) in [4.78, 5) is 0. The molecule has 0 N–H and O–H groups in total. The van der Waals surface area contributed by atoms with Crippen LogP contribution in [0.4, 0.5) is 8.78 Å². The van der Waals surface area contributed by atoms with Gasteiger partial charge in [-0.2, -0.15) is 0 Å². The Bertz CT molecular complexity index is 239. The molecule has 0 spiro atoms. The van der Waals surface area contributed by atoms with Gasteiger partial charge in [0.2, 0.25) is 0 Å². The van der Waals surface area contributed by atoms with Crippen LogP contribution in [0.2, 0.25) is 0 Å². The molecule has 1 rings (SSSR count). The zero-order chi connectivity index (χ0) is 7.56. The van der Waals surface area contributed by atoms with E-state index in [-0.39, 0.29) is 13.2 Å². The monoisotopic (exact) mass is 180 g/mol. The average Bonchev–Trinajstić information content (AvgIpc) is 1.95. The van der Waals surface area contributed by atoms with Crippen molar-refractivity contribution in [1.29, 1.82) is 0 Å². The number of rotatable bonds is 1. The van der Waals surface area contributed by atoms with Gasteiger partial charge in [-0.3, -0.25) is 0 Å². The smallest absolute Gasteiger partial charge is 0.167 e. The molecule has 0 bridgehead atoms. The van der Waals surface area contributed by atoms with Crippen molar-refractivity contribution >= 4 is 24.5 Å². The molecule has 0 fully saturated rings. The fourth-order valence-corrected chi connectivity index (χ4v) is 1.38. The van der Waals surface area contributed by atoms with Crippen molar-refractivity contribution in [3.8, 4) is 0 Å². The maximum atomic E-state index is 12.5. The van der Waals surface area contributed by atoms with Gasteiger partial charge in [0, 0.05) is 13.2 Å². The van der Waals surface area contributed by atoms with Crippen LogP contribution < -0.4 is 5.30 Å². The Kier molecular flexibility index (Phi) is 2.58. The topological polar surface area (TPSA) is 0 Å². The van der Waals surface area contributed by atoms with E-state index in [1.807, 2.05) is 0 Å². The van der Waals surface area contributed by atoms with E-state index >= 15 is 0 Å². The molecule has 54 valence electrons. The van der Waals surface area contributed by atoms with Gasteiger partial charge in [0.15, 0.2) is 11.6 Å². The second kappa shape index (κ2) is 3.27. The predicted molar refractivity (Wildman–Crippen MR) is 40.2 cm³/mol. The van der Waals surface area contributed by atoms with Gasteiger partial charge >= 0.3 is 0 Å². The quantitative estimate of drug-likeness (QED) is 0.583. The Labute approximate surface area is 63.8 Å². The summed E-state index contributed by atoms with van der Waals surface area (Å²) in [7, 11) is -0.218. The van der Waals surface area contributed by atoms with E-state index < -0.39 is 11.6 Å². The molecule has 0 heterocycles. The van der Waals surface area contributed by atoms with Crippen molar-refractivity contribution in [1.82, 2.24) is 0 Å². The molecule has 1 unspecified atom stereocenters. The largest absolute Gasteiger partial charge is 0.204 e. The zero-order valence-corrected chi connectivity index (χ0v) is 6.62. The molecule has 0 nitrogen and oxygen atoms in total. The first-order valence-corrected chi connectivity index (χ1v) is 4.57. The van der Waals surface area contributed by atoms with Crippen molar-refractivity contribution < 1.29 is 8.78 Å². The Morgan fingerprint density at radius 1 is 1.30 bits per heavy atom. The summed E-state index contributed by atoms with van der Waals surface area (Å²) in [5.41, 5.74) is 0. The minimum atomic E-state index is -0.842. The Balaban J connectivity index is 3.14. The lowest BCUT2D eigenvalue weighted by Gasteiger charge is -1.96. The van der Waals surface area contributed by atoms with E-state index in [2.05, 4.69) is 0 Å². The number of benzene rings is 1. The highest BCUT2D eigenvalue weighted by atomic mass is 35.7. The number of hydrogen-bond acceptors (Lipinski definition) is 0. The third kappa shape index (κ3) is 1.44. The van der Waals surface area contributed by atoms with Gasteiger partial charge in [-0.05, 0) is 6.07 Å². The first kappa shape index (κ1) is 7.90. The minimum Gasteiger partial charge on any atom is -0.204 e. The van der Waals surface area contributed by atoms with E-state index in [0.29, 0.717) is 0 Å². The first-order chi connectivity index (χ1) is 4.75. The third-order valence-corrected chi connectivity index (χ3v) is 2.25. The fraction of sp³-hybridized carbons (Fsp3) is 0. The van der Waals surface area contributed by atoms with Gasteiger partial charge in [0.1, 0.15) is 0 Å². The third-order valence-electron chi connectivity index (χ3n) is 1.05. The summed E-state index contributed by atoms with van der Waals surface area (Å²) in [5, 5.41) is 0.224. The summed E-state index contributed by atoms with van der Waals surface area (Å²) >= 11 is 5.33. The lowest BCUT2D eigenvalue weighted by molar-refractivity contribution is 0.514. The Morgan fingerprint density at radius 3 is 2.50 bits per heavy atom. The molecule has 1 aromatic carbocycles. The molecule has 10 heavy (non-hydrogen) atoms. The Hall–Kier alpha value is -0.200. The van der Waals surface area contributed by atoms with Crippen LogP contribution in [-0.2, 0) is 0 Å². The molecular weight excluding hydrogens is 176 g/mol. The second-order valence-corrected chi connectivity index (χ2v) is 2.99. The molecular formula is C6H4ClF2P. The van der Waals surface area contributed by atoms with Gasteiger partial charge in [-0.15, -0.1) is 0 Å². The van der Waals surface area contributed by atoms with Crippen LogP contribution >= 0.6 is 19.2 Å². The first-order valence-electron chi connectivity index (χ1n) is 2.56. The van der Waals surface area contributed by atoms with Gasteiger partial charge < -0.3 is 0 Å². The molecule has 0 saturated heterocycles. The van der Waals surface area contributed by atoms with Crippen molar-refractivity contribution in [3.63, 3.8) is 0 Å². The molecule has 1 atom stereocenters. The fourth-order valence-electron chi connectivity index (χ4n) is 0.577. The maximum absolute atomic E-state index is 12.5. The van der Waals surface area contributed by atoms with Gasteiger partial charge in [-0.1, -0.05) is 23.4 Å². The highest BCUT2D eigenvalue weighted by Gasteiger charge is 2.04. The standard InChI is InChI=1S/C6H4ClF2P/c7-10-5-3-1-2-4(8)6(5)9/h1-3,10H. The van der Waals surface area contributed by atoms with E-state index in [0.717, 1.165) is 6.07 Å². The molecule has 0 saturated carbocycles. The SMILES string of the molecule is Fc1cccc(PCl)c1F. The Morgan fingerprint density at radius 2 is 2.00 bits per heavy atom. The predicted octanol–water partition coefficient (Wildman–Crippen LogP) is 2.42. The number of hydrogen-bond donors (Lipinski definition) is 0. The molecule has 0 aliphatic carbocycles. The molecule has 0 radical (unpaired) electrons. The van der Waals surface area contributed by atoms with Crippen LogP contribution in [0.15, 0.2) is 18.2 Å². The summed E-state index contributed by atoms with van der Waals surface area (Å²) < 4.78 is 24.9. The second-order valence-electron chi connectivity index (χ2n) is 1.70. The minimum absolute atomic E-state index is 0.218. The molecule has 0 aromatic heterocycles. The summed E-state index contributed by atoms with van der Waals surface area (Å²) in [5.74, 6) is -1.68. The zero-order valence-electron chi connectivity index (χ0n) is 4.87. The van der Waals surface area contributed by atoms with Crippen LogP contribution in [0.5, 0.6) is 0 Å². The average molecular weight is 181 g/mol. The maximum Gasteiger partial charge on any atom is 0.167 e. The number of halogens is 3. The van der Waals surface area contributed by atoms with E-state index in [1.54, 1.807) is 0 Å². The van der Waals surface area contributed by atoms with Crippen LogP contribution in [0, 0.1) is 11.6 Å². The van der Waals surface area contributed by atoms with Crippen LogP contribution in [0.1, 0.15) is 0 Å². The van der Waals surface area contributed by atoms with E-state index in [4.69, 9.17) is 11.2 Å². The lowest BCUT2D eigenvalue weighted by atomic mass is 10.3. The van der Waals surface area contributed by atoms with Crippen molar-refractivity contribution in [2.45, 2.75) is 0 Å². The normalized spacial score (nSPS) is 11.1. The molecule has 0 amide bonds. The van der Waals surface area contributed by atoms with Crippen LogP contribution in [0.3, 0.4) is 0 Å². The summed E-state index contributed by atoms with van der Waals surface area (Å²) in [6.45, 7) is 0. The van der Waals surface area contributed by atoms with Crippen molar-refractivity contribution in [2.75, 3.05) is 0 Å². The highest BCUT2D eigenvalue weighted by Crippen LogP contribution is 2.18. The molecule has 0 aliphatic heterocycles. The summed E-state index contributed by atoms with van der Waals surface area (Å²) in [6.07, 6.45) is 0. The van der Waals surface area contributed by atoms with Crippen molar-refractivity contribution in [2.24, 2.45) is 0 Å². The summed E-state index contributed by atoms with van der Waals surface area (Å²) in [6, 6.07) is 3.96. The van der Waals surface area contributed by atoms with Crippen LogP contribution in [0.25, 0.3) is 0 Å². The van der Waals surface area contributed by atoms with E-state index in [9.17, 15) is 8.78 Å². The van der Waals surface area contributed by atoms with Gasteiger partial charge in [0.05, 0.1) is 0 Å².